The van der Waals surface area contributed by atoms with Gasteiger partial charge in [-0.1, -0.05) is 52.3 Å². The van der Waals surface area contributed by atoms with Crippen LogP contribution in [-0.2, 0) is 11.2 Å². The molecule has 1 fully saturated rings. The van der Waals surface area contributed by atoms with Crippen LogP contribution < -0.4 is 4.43 Å². The quantitative estimate of drug-likeness (QED) is 0.288. The van der Waals surface area contributed by atoms with Gasteiger partial charge in [0.05, 0.1) is 0 Å². The lowest BCUT2D eigenvalue weighted by Crippen LogP contribution is -2.44. The summed E-state index contributed by atoms with van der Waals surface area (Å²) in [5.41, 5.74) is 4.74. The number of hydrogen-bond acceptors (Lipinski definition) is 2. The molecule has 5 atom stereocenters. The number of benzene rings is 1. The van der Waals surface area contributed by atoms with Gasteiger partial charge in [-0.3, -0.25) is 0 Å². The van der Waals surface area contributed by atoms with Gasteiger partial charge in [0, 0.05) is 5.92 Å². The standard InChI is InChI=1S/C27H40O2Si/c1-18(17-28)24-12-13-25-23-10-8-19-16-20(29-30(6,7)26(2,3)4)9-11-21(19)22(23)14-15-27(24,25)5/h9,11-12,16-18,22-23,25H,8,10,13-15H2,1-7H3/t18-,22-,23-,25+,27-/m1/s1. The number of aldehydes is 1. The van der Waals surface area contributed by atoms with E-state index in [2.05, 4.69) is 72.0 Å². The Hall–Kier alpha value is -1.35. The summed E-state index contributed by atoms with van der Waals surface area (Å²) >= 11 is 0. The van der Waals surface area contributed by atoms with Crippen molar-refractivity contribution in [2.75, 3.05) is 0 Å². The SMILES string of the molecule is C[C@H](C=O)C1=CC[C@H]2[C@@H]3CCc4cc(O[Si](C)(C)C(C)(C)C)ccc4[C@H]3CC[C@]12C. The van der Waals surface area contributed by atoms with Crippen LogP contribution in [0.3, 0.4) is 0 Å². The first-order valence-electron chi connectivity index (χ1n) is 12.0. The van der Waals surface area contributed by atoms with E-state index in [-0.39, 0.29) is 16.4 Å². The monoisotopic (exact) mass is 424 g/mol. The summed E-state index contributed by atoms with van der Waals surface area (Å²) in [5, 5.41) is 0.216. The van der Waals surface area contributed by atoms with Gasteiger partial charge in [-0.15, -0.1) is 0 Å². The second kappa shape index (κ2) is 7.36. The molecule has 0 radical (unpaired) electrons. The van der Waals surface area contributed by atoms with Crippen molar-refractivity contribution < 1.29 is 9.22 Å². The summed E-state index contributed by atoms with van der Waals surface area (Å²) in [6.07, 6.45) is 9.62. The highest BCUT2D eigenvalue weighted by Crippen LogP contribution is 2.62. The number of aryl methyl sites for hydroxylation is 1. The first kappa shape index (κ1) is 21.9. The molecule has 0 saturated heterocycles. The Labute approximate surface area is 184 Å². The molecule has 1 aromatic carbocycles. The van der Waals surface area contributed by atoms with Crippen molar-refractivity contribution in [2.24, 2.45) is 23.2 Å². The van der Waals surface area contributed by atoms with Gasteiger partial charge in [0.15, 0.2) is 0 Å². The van der Waals surface area contributed by atoms with Gasteiger partial charge in [0.25, 0.3) is 0 Å². The molecule has 3 heteroatoms. The second-order valence-electron chi connectivity index (χ2n) is 11.9. The summed E-state index contributed by atoms with van der Waals surface area (Å²) in [7, 11) is -1.81. The van der Waals surface area contributed by atoms with E-state index in [0.29, 0.717) is 11.8 Å². The Morgan fingerprint density at radius 1 is 1.23 bits per heavy atom. The predicted octanol–water partition coefficient (Wildman–Crippen LogP) is 7.30. The zero-order valence-electron chi connectivity index (χ0n) is 20.0. The van der Waals surface area contributed by atoms with Crippen molar-refractivity contribution in [3.05, 3.63) is 41.0 Å². The number of allylic oxidation sites excluding steroid dienone is 2. The molecule has 0 unspecified atom stereocenters. The molecule has 164 valence electrons. The van der Waals surface area contributed by atoms with Crippen molar-refractivity contribution in [1.29, 1.82) is 0 Å². The van der Waals surface area contributed by atoms with Crippen LogP contribution in [0.25, 0.3) is 0 Å². The predicted molar refractivity (Wildman–Crippen MR) is 128 cm³/mol. The van der Waals surface area contributed by atoms with E-state index >= 15 is 0 Å². The average molecular weight is 425 g/mol. The number of carbonyl (C=O) groups excluding carboxylic acids is 1. The lowest BCUT2D eigenvalue weighted by atomic mass is 9.53. The van der Waals surface area contributed by atoms with E-state index < -0.39 is 8.32 Å². The molecule has 3 aliphatic rings. The Balaban J connectivity index is 1.57. The highest BCUT2D eigenvalue weighted by Gasteiger charge is 2.52. The van der Waals surface area contributed by atoms with Gasteiger partial charge in [-0.05, 0) is 96.7 Å². The molecule has 0 N–H and O–H groups in total. The maximum Gasteiger partial charge on any atom is 0.250 e. The van der Waals surface area contributed by atoms with Crippen LogP contribution in [0.5, 0.6) is 5.75 Å². The smallest absolute Gasteiger partial charge is 0.250 e. The van der Waals surface area contributed by atoms with E-state index in [1.807, 2.05) is 0 Å². The average Bonchev–Trinajstić information content (AvgIpc) is 3.03. The highest BCUT2D eigenvalue weighted by molar-refractivity contribution is 6.74. The van der Waals surface area contributed by atoms with Gasteiger partial charge in [-0.2, -0.15) is 0 Å². The third-order valence-corrected chi connectivity index (χ3v) is 13.6. The fraction of sp³-hybridized carbons (Fsp3) is 0.667. The number of hydrogen-bond donors (Lipinski definition) is 0. The van der Waals surface area contributed by atoms with Crippen molar-refractivity contribution >= 4 is 14.6 Å². The first-order chi connectivity index (χ1) is 14.0. The summed E-state index contributed by atoms with van der Waals surface area (Å²) in [5.74, 6) is 3.26. The molecule has 1 saturated carbocycles. The second-order valence-corrected chi connectivity index (χ2v) is 16.6. The lowest BCUT2D eigenvalue weighted by Gasteiger charge is -2.51. The number of fused-ring (bicyclic) bond motifs is 5. The fourth-order valence-electron chi connectivity index (χ4n) is 6.45. The topological polar surface area (TPSA) is 26.3 Å². The van der Waals surface area contributed by atoms with Crippen LogP contribution in [0.1, 0.15) is 77.3 Å². The summed E-state index contributed by atoms with van der Waals surface area (Å²) in [4.78, 5) is 11.5. The minimum atomic E-state index is -1.81. The van der Waals surface area contributed by atoms with E-state index in [1.165, 1.54) is 30.4 Å². The van der Waals surface area contributed by atoms with Crippen LogP contribution in [-0.4, -0.2) is 14.6 Å². The third kappa shape index (κ3) is 3.41. The number of carbonyl (C=O) groups is 1. The van der Waals surface area contributed by atoms with Gasteiger partial charge in [-0.25, -0.2) is 0 Å². The first-order valence-corrected chi connectivity index (χ1v) is 14.9. The molecule has 2 nitrogen and oxygen atoms in total. The molecule has 30 heavy (non-hydrogen) atoms. The van der Waals surface area contributed by atoms with Crippen molar-refractivity contribution in [1.82, 2.24) is 0 Å². The summed E-state index contributed by atoms with van der Waals surface area (Å²) < 4.78 is 6.60. The molecule has 0 spiro atoms. The molecule has 0 aromatic heterocycles. The van der Waals surface area contributed by atoms with Gasteiger partial charge < -0.3 is 9.22 Å². The Morgan fingerprint density at radius 2 is 1.97 bits per heavy atom. The highest BCUT2D eigenvalue weighted by atomic mass is 28.4. The molecule has 4 rings (SSSR count). The van der Waals surface area contributed by atoms with E-state index in [1.54, 1.807) is 5.56 Å². The molecule has 1 aromatic rings. The summed E-state index contributed by atoms with van der Waals surface area (Å²) in [6, 6.07) is 6.98. The van der Waals surface area contributed by atoms with E-state index in [0.717, 1.165) is 30.8 Å². The minimum absolute atomic E-state index is 0.0717. The van der Waals surface area contributed by atoms with Crippen molar-refractivity contribution in [3.8, 4) is 5.75 Å². The molecular formula is C27H40O2Si. The molecule has 0 heterocycles. The fourth-order valence-corrected chi connectivity index (χ4v) is 7.47. The molecule has 0 aliphatic heterocycles. The largest absolute Gasteiger partial charge is 0.543 e. The van der Waals surface area contributed by atoms with E-state index in [4.69, 9.17) is 4.43 Å². The molecule has 0 bridgehead atoms. The lowest BCUT2D eigenvalue weighted by molar-refractivity contribution is -0.110. The van der Waals surface area contributed by atoms with Gasteiger partial charge in [0.1, 0.15) is 12.0 Å². The van der Waals surface area contributed by atoms with Gasteiger partial charge >= 0.3 is 0 Å². The van der Waals surface area contributed by atoms with Crippen molar-refractivity contribution in [2.45, 2.75) is 90.8 Å². The van der Waals surface area contributed by atoms with E-state index in [9.17, 15) is 4.79 Å². The van der Waals surface area contributed by atoms with Gasteiger partial charge in [0.2, 0.25) is 8.32 Å². The molecular weight excluding hydrogens is 384 g/mol. The number of rotatable bonds is 4. The minimum Gasteiger partial charge on any atom is -0.543 e. The molecule has 3 aliphatic carbocycles. The Bertz CT molecular complexity index is 862. The van der Waals surface area contributed by atoms with Crippen LogP contribution in [0, 0.1) is 23.2 Å². The third-order valence-electron chi connectivity index (χ3n) is 9.21. The maximum atomic E-state index is 11.5. The zero-order valence-corrected chi connectivity index (χ0v) is 21.0. The van der Waals surface area contributed by atoms with Crippen LogP contribution in [0.2, 0.25) is 18.1 Å². The van der Waals surface area contributed by atoms with Crippen molar-refractivity contribution in [3.63, 3.8) is 0 Å². The summed E-state index contributed by atoms with van der Waals surface area (Å²) in [6.45, 7) is 16.1. The zero-order chi connectivity index (χ0) is 21.9. The Kier molecular flexibility index (Phi) is 5.36. The van der Waals surface area contributed by atoms with Crippen LogP contribution in [0.4, 0.5) is 0 Å². The molecule has 0 amide bonds. The normalized spacial score (nSPS) is 31.8. The van der Waals surface area contributed by atoms with Crippen LogP contribution in [0.15, 0.2) is 29.8 Å². The van der Waals surface area contributed by atoms with Crippen LogP contribution >= 0.6 is 0 Å². The Morgan fingerprint density at radius 3 is 2.63 bits per heavy atom. The maximum absolute atomic E-state index is 11.5.